The number of nitrogens with zero attached hydrogens (tertiary/aromatic N) is 2. The predicted molar refractivity (Wildman–Crippen MR) is 72.6 cm³/mol. The Balaban J connectivity index is 2.53. The van der Waals surface area contributed by atoms with Crippen LogP contribution in [0.5, 0.6) is 0 Å². The lowest BCUT2D eigenvalue weighted by Crippen LogP contribution is -2.38. The van der Waals surface area contributed by atoms with E-state index >= 15 is 0 Å². The van der Waals surface area contributed by atoms with Crippen LogP contribution in [0.3, 0.4) is 0 Å². The van der Waals surface area contributed by atoms with Crippen molar-refractivity contribution in [2.24, 2.45) is 0 Å². The van der Waals surface area contributed by atoms with Gasteiger partial charge in [0.2, 0.25) is 5.91 Å². The lowest BCUT2D eigenvalue weighted by Gasteiger charge is -2.15. The van der Waals surface area contributed by atoms with Gasteiger partial charge in [0.05, 0.1) is 12.7 Å². The Morgan fingerprint density at radius 3 is 2.80 bits per heavy atom. The first-order valence-electron chi connectivity index (χ1n) is 6.11. The normalized spacial score (nSPS) is 11.8. The van der Waals surface area contributed by atoms with E-state index in [4.69, 9.17) is 4.74 Å². The summed E-state index contributed by atoms with van der Waals surface area (Å²) in [5.41, 5.74) is 0. The van der Waals surface area contributed by atoms with Crippen molar-refractivity contribution in [3.8, 4) is 0 Å². The minimum atomic E-state index is -3.72. The van der Waals surface area contributed by atoms with Gasteiger partial charge in [-0.2, -0.15) is 4.31 Å². The molecule has 0 fully saturated rings. The summed E-state index contributed by atoms with van der Waals surface area (Å²) in [5, 5.41) is 2.60. The van der Waals surface area contributed by atoms with Crippen LogP contribution < -0.4 is 5.32 Å². The summed E-state index contributed by atoms with van der Waals surface area (Å²) in [6.07, 6.45) is 1.91. The molecule has 0 unspecified atom stereocenters. The minimum absolute atomic E-state index is 0.0234. The van der Waals surface area contributed by atoms with Crippen LogP contribution in [0.1, 0.15) is 12.2 Å². The number of aromatic amines is 1. The van der Waals surface area contributed by atoms with Crippen molar-refractivity contribution in [1.29, 1.82) is 0 Å². The molecule has 9 heteroatoms. The first kappa shape index (κ1) is 16.6. The number of carbonyl (C=O) groups is 1. The summed E-state index contributed by atoms with van der Waals surface area (Å²) >= 11 is 0. The lowest BCUT2D eigenvalue weighted by molar-refractivity contribution is -0.121. The quantitative estimate of drug-likeness (QED) is 0.630. The van der Waals surface area contributed by atoms with Crippen molar-refractivity contribution in [2.75, 3.05) is 33.9 Å². The zero-order valence-corrected chi connectivity index (χ0v) is 12.7. The molecule has 0 saturated heterocycles. The third kappa shape index (κ3) is 4.58. The molecule has 1 aromatic rings. The van der Waals surface area contributed by atoms with Crippen LogP contribution in [0.25, 0.3) is 0 Å². The number of likely N-dealkylation sites (N-methyl/N-ethyl adjacent to an activating group) is 1. The summed E-state index contributed by atoms with van der Waals surface area (Å²) in [7, 11) is -0.793. The fraction of sp³-hybridized carbons (Fsp3) is 0.636. The second kappa shape index (κ2) is 7.36. The van der Waals surface area contributed by atoms with E-state index in [1.54, 1.807) is 14.0 Å². The molecule has 0 radical (unpaired) electrons. The van der Waals surface area contributed by atoms with Crippen LogP contribution in [0.2, 0.25) is 0 Å². The molecule has 1 amide bonds. The summed E-state index contributed by atoms with van der Waals surface area (Å²) in [6.45, 7) is 2.40. The number of nitrogens with one attached hydrogen (secondary N) is 2. The Kier molecular flexibility index (Phi) is 6.11. The van der Waals surface area contributed by atoms with Crippen LogP contribution in [-0.2, 0) is 19.6 Å². The monoisotopic (exact) mass is 304 g/mol. The van der Waals surface area contributed by atoms with Crippen molar-refractivity contribution < 1.29 is 17.9 Å². The number of imidazole rings is 1. The molecule has 1 heterocycles. The molecule has 0 spiro atoms. The highest BCUT2D eigenvalue weighted by molar-refractivity contribution is 7.89. The molecule has 8 nitrogen and oxygen atoms in total. The van der Waals surface area contributed by atoms with E-state index in [0.717, 1.165) is 4.31 Å². The van der Waals surface area contributed by atoms with E-state index in [1.165, 1.54) is 13.2 Å². The molecule has 0 aliphatic heterocycles. The van der Waals surface area contributed by atoms with Crippen molar-refractivity contribution in [3.63, 3.8) is 0 Å². The van der Waals surface area contributed by atoms with Crippen LogP contribution in [0.4, 0.5) is 0 Å². The predicted octanol–water partition coefficient (Wildman–Crippen LogP) is -0.509. The Morgan fingerprint density at radius 1 is 1.55 bits per heavy atom. The van der Waals surface area contributed by atoms with Crippen LogP contribution in [-0.4, -0.2) is 62.5 Å². The van der Waals surface area contributed by atoms with Crippen molar-refractivity contribution >= 4 is 15.9 Å². The van der Waals surface area contributed by atoms with E-state index in [-0.39, 0.29) is 17.5 Å². The maximum Gasteiger partial charge on any atom is 0.260 e. The van der Waals surface area contributed by atoms with E-state index in [1.807, 2.05) is 0 Å². The minimum Gasteiger partial charge on any atom is -0.385 e. The molecule has 20 heavy (non-hydrogen) atoms. The standard InChI is InChI=1S/C11H20N4O4S/c1-9-13-7-11(14-9)20(17,18)15(2)8-10(16)12-5-4-6-19-3/h7H,4-6,8H2,1-3H3,(H,12,16)(H,13,14). The number of hydrogen-bond acceptors (Lipinski definition) is 5. The van der Waals surface area contributed by atoms with Gasteiger partial charge in [-0.15, -0.1) is 0 Å². The van der Waals surface area contributed by atoms with Crippen LogP contribution in [0.15, 0.2) is 11.2 Å². The van der Waals surface area contributed by atoms with Gasteiger partial charge < -0.3 is 15.0 Å². The number of carbonyl (C=O) groups excluding carboxylic acids is 1. The molecule has 0 saturated carbocycles. The van der Waals surface area contributed by atoms with Gasteiger partial charge in [-0.1, -0.05) is 0 Å². The lowest BCUT2D eigenvalue weighted by atomic mass is 10.4. The zero-order valence-electron chi connectivity index (χ0n) is 11.8. The third-order valence-corrected chi connectivity index (χ3v) is 4.29. The first-order valence-corrected chi connectivity index (χ1v) is 7.55. The number of aromatic nitrogens is 2. The average molecular weight is 304 g/mol. The summed E-state index contributed by atoms with van der Waals surface area (Å²) in [6, 6.07) is 0. The van der Waals surface area contributed by atoms with E-state index in [0.29, 0.717) is 25.4 Å². The molecule has 114 valence electrons. The van der Waals surface area contributed by atoms with Gasteiger partial charge in [0.25, 0.3) is 10.0 Å². The van der Waals surface area contributed by atoms with Crippen LogP contribution in [0, 0.1) is 6.92 Å². The van der Waals surface area contributed by atoms with E-state index in [9.17, 15) is 13.2 Å². The fourth-order valence-corrected chi connectivity index (χ4v) is 2.57. The van der Waals surface area contributed by atoms with E-state index in [2.05, 4.69) is 15.3 Å². The van der Waals surface area contributed by atoms with Gasteiger partial charge in [-0.3, -0.25) is 4.79 Å². The molecule has 0 aliphatic carbocycles. The molecule has 1 rings (SSSR count). The molecule has 0 aromatic carbocycles. The fourth-order valence-electron chi connectivity index (χ4n) is 1.48. The topological polar surface area (TPSA) is 104 Å². The zero-order chi connectivity index (χ0) is 15.2. The van der Waals surface area contributed by atoms with Gasteiger partial charge >= 0.3 is 0 Å². The Labute approximate surface area is 118 Å². The smallest absolute Gasteiger partial charge is 0.260 e. The number of H-pyrrole nitrogens is 1. The van der Waals surface area contributed by atoms with Gasteiger partial charge in [0.1, 0.15) is 5.82 Å². The Morgan fingerprint density at radius 2 is 2.25 bits per heavy atom. The number of hydrogen-bond donors (Lipinski definition) is 2. The number of aryl methyl sites for hydroxylation is 1. The summed E-state index contributed by atoms with van der Waals surface area (Å²) in [4.78, 5) is 18.1. The van der Waals surface area contributed by atoms with Gasteiger partial charge in [-0.25, -0.2) is 13.4 Å². The largest absolute Gasteiger partial charge is 0.385 e. The van der Waals surface area contributed by atoms with Crippen molar-refractivity contribution in [2.45, 2.75) is 18.4 Å². The molecule has 0 aliphatic rings. The number of ether oxygens (including phenoxy) is 1. The highest BCUT2D eigenvalue weighted by Crippen LogP contribution is 2.10. The van der Waals surface area contributed by atoms with Crippen LogP contribution >= 0.6 is 0 Å². The summed E-state index contributed by atoms with van der Waals surface area (Å²) in [5.74, 6) is 0.143. The van der Waals surface area contributed by atoms with Crippen molar-refractivity contribution in [3.05, 3.63) is 12.0 Å². The number of methoxy groups -OCH3 is 1. The molecule has 0 atom stereocenters. The molecular weight excluding hydrogens is 284 g/mol. The second-order valence-corrected chi connectivity index (χ2v) is 6.30. The maximum absolute atomic E-state index is 12.1. The second-order valence-electron chi connectivity index (χ2n) is 4.29. The molecule has 0 bridgehead atoms. The number of amides is 1. The summed E-state index contributed by atoms with van der Waals surface area (Å²) < 4.78 is 30.1. The SMILES string of the molecule is COCCCNC(=O)CN(C)S(=O)(=O)c1cnc(C)[nH]1. The Bertz CT molecular complexity index is 540. The highest BCUT2D eigenvalue weighted by Gasteiger charge is 2.24. The van der Waals surface area contributed by atoms with Gasteiger partial charge in [0, 0.05) is 27.3 Å². The number of rotatable bonds is 8. The van der Waals surface area contributed by atoms with Gasteiger partial charge in [-0.05, 0) is 13.3 Å². The number of sulfonamides is 1. The molecule has 1 aromatic heterocycles. The third-order valence-electron chi connectivity index (χ3n) is 2.58. The van der Waals surface area contributed by atoms with Crippen molar-refractivity contribution in [1.82, 2.24) is 19.6 Å². The Hall–Kier alpha value is -1.45. The van der Waals surface area contributed by atoms with E-state index < -0.39 is 10.0 Å². The average Bonchev–Trinajstić information content (AvgIpc) is 2.82. The van der Waals surface area contributed by atoms with Gasteiger partial charge in [0.15, 0.2) is 5.03 Å². The maximum atomic E-state index is 12.1. The molecular formula is C11H20N4O4S. The molecule has 2 N–H and O–H groups in total. The first-order chi connectivity index (χ1) is 9.37. The highest BCUT2D eigenvalue weighted by atomic mass is 32.2.